The van der Waals surface area contributed by atoms with Crippen molar-refractivity contribution in [2.75, 3.05) is 13.2 Å². The second-order valence-electron chi connectivity index (χ2n) is 9.15. The molecule has 2 fully saturated rings. The van der Waals surface area contributed by atoms with Gasteiger partial charge in [0.15, 0.2) is 5.78 Å². The Balaban J connectivity index is 1.36. The molecule has 190 valence electrons. The van der Waals surface area contributed by atoms with Crippen molar-refractivity contribution in [1.82, 2.24) is 0 Å². The Hall–Kier alpha value is -3.26. The molecule has 3 heterocycles. The molecule has 2 saturated heterocycles. The molecule has 0 spiro atoms. The molecule has 0 saturated carbocycles. The Morgan fingerprint density at radius 2 is 1.78 bits per heavy atom. The quantitative estimate of drug-likeness (QED) is 0.263. The maximum atomic E-state index is 13.4. The molecule has 0 bridgehead atoms. The number of rotatable bonds is 4. The molecule has 7 atom stereocenters. The van der Waals surface area contributed by atoms with E-state index in [4.69, 9.17) is 24.1 Å². The number of ketones is 2. The maximum Gasteiger partial charge on any atom is 0.229 e. The minimum absolute atomic E-state index is 0.112. The van der Waals surface area contributed by atoms with Crippen molar-refractivity contribution in [3.05, 3.63) is 46.0 Å². The third kappa shape index (κ3) is 3.16. The van der Waals surface area contributed by atoms with Gasteiger partial charge < -0.3 is 49.6 Å². The van der Waals surface area contributed by atoms with Crippen molar-refractivity contribution in [1.29, 1.82) is 0 Å². The number of aliphatic hydroxyl groups excluding tert-OH is 4. The first-order valence-electron chi connectivity index (χ1n) is 11.3. The number of fused-ring (bicyclic) bond motifs is 5. The number of aromatic hydroxyl groups is 2. The number of phenols is 2. The highest BCUT2D eigenvalue weighted by Gasteiger charge is 2.48. The Morgan fingerprint density at radius 1 is 1.03 bits per heavy atom. The van der Waals surface area contributed by atoms with E-state index in [-0.39, 0.29) is 45.4 Å². The second kappa shape index (κ2) is 8.13. The van der Waals surface area contributed by atoms with Gasteiger partial charge in [-0.25, -0.2) is 0 Å². The third-order valence-electron chi connectivity index (χ3n) is 7.07. The van der Waals surface area contributed by atoms with Gasteiger partial charge in [-0.15, -0.1) is 0 Å². The first-order chi connectivity index (χ1) is 17.2. The van der Waals surface area contributed by atoms with Gasteiger partial charge in [0.1, 0.15) is 47.4 Å². The van der Waals surface area contributed by atoms with Crippen molar-refractivity contribution in [2.45, 2.75) is 49.3 Å². The Kier molecular flexibility index (Phi) is 5.23. The predicted molar refractivity (Wildman–Crippen MR) is 115 cm³/mol. The van der Waals surface area contributed by atoms with E-state index in [9.17, 15) is 35.1 Å². The molecule has 6 N–H and O–H groups in total. The molecule has 0 radical (unpaired) electrons. The molecule has 0 amide bonds. The summed E-state index contributed by atoms with van der Waals surface area (Å²) in [5.41, 5.74) is -0.485. The van der Waals surface area contributed by atoms with Crippen LogP contribution in [-0.2, 0) is 9.47 Å². The van der Waals surface area contributed by atoms with Crippen molar-refractivity contribution < 1.29 is 59.2 Å². The van der Waals surface area contributed by atoms with Crippen LogP contribution in [0.2, 0.25) is 0 Å². The van der Waals surface area contributed by atoms with Crippen LogP contribution in [0, 0.1) is 0 Å². The van der Waals surface area contributed by atoms with Crippen molar-refractivity contribution in [3.63, 3.8) is 0 Å². The fourth-order valence-corrected chi connectivity index (χ4v) is 5.29. The molecule has 0 aromatic heterocycles. The highest BCUT2D eigenvalue weighted by atomic mass is 16.7. The van der Waals surface area contributed by atoms with E-state index in [0.717, 1.165) is 6.07 Å². The van der Waals surface area contributed by atoms with Crippen molar-refractivity contribution >= 4 is 11.6 Å². The molecular weight excluding hydrogens is 480 g/mol. The molecule has 6 rings (SSSR count). The average molecular weight is 502 g/mol. The van der Waals surface area contributed by atoms with Gasteiger partial charge in [-0.05, 0) is 18.6 Å². The van der Waals surface area contributed by atoms with Crippen LogP contribution >= 0.6 is 0 Å². The first-order valence-corrected chi connectivity index (χ1v) is 11.3. The van der Waals surface area contributed by atoms with Gasteiger partial charge in [-0.3, -0.25) is 9.59 Å². The minimum Gasteiger partial charge on any atom is -0.507 e. The van der Waals surface area contributed by atoms with Crippen LogP contribution in [0.3, 0.4) is 0 Å². The SMILES string of the molecule is O=C1c2cc(O[C@@H]3O[C@@H]([C@H](O)CO)[C@H](O)[C@H]3O)cc(O)c2C(=O)c2c1cc1c(c2O)[C@@H]2CCO[C@@H]2O1. The lowest BCUT2D eigenvalue weighted by Gasteiger charge is -2.23. The topological polar surface area (TPSA) is 192 Å². The first kappa shape index (κ1) is 23.2. The molecular formula is C24H22O12. The van der Waals surface area contributed by atoms with Gasteiger partial charge in [0.2, 0.25) is 18.4 Å². The lowest BCUT2D eigenvalue weighted by molar-refractivity contribution is -0.137. The normalized spacial score (nSPS) is 30.9. The fraction of sp³-hybridized carbons (Fsp3) is 0.417. The number of carbonyl (C=O) groups is 2. The molecule has 12 nitrogen and oxygen atoms in total. The molecule has 0 unspecified atom stereocenters. The standard InChI is InChI=1S/C24H22O12/c25-6-12(27)22-20(31)21(32)24(36-22)34-7-3-9-14(11(26)4-7)18(29)16-10(17(9)28)5-13-15(19(16)30)8-1-2-33-23(8)35-13/h3-5,8,12,20-27,30-32H,1-2,6H2/t8-,12+,20+,21+,22-,23+,24+/m0/s1. The highest BCUT2D eigenvalue weighted by Crippen LogP contribution is 2.52. The fourth-order valence-electron chi connectivity index (χ4n) is 5.29. The Morgan fingerprint density at radius 3 is 2.53 bits per heavy atom. The summed E-state index contributed by atoms with van der Waals surface area (Å²) in [6.45, 7) is -0.300. The van der Waals surface area contributed by atoms with Crippen LogP contribution in [0.5, 0.6) is 23.0 Å². The molecule has 3 aliphatic heterocycles. The van der Waals surface area contributed by atoms with Crippen LogP contribution in [0.25, 0.3) is 0 Å². The number of phenolic OH excluding ortho intramolecular Hbond substituents is 2. The van der Waals surface area contributed by atoms with E-state index in [0.29, 0.717) is 18.6 Å². The molecule has 2 aromatic rings. The van der Waals surface area contributed by atoms with E-state index in [1.54, 1.807) is 0 Å². The van der Waals surface area contributed by atoms with Crippen LogP contribution < -0.4 is 9.47 Å². The van der Waals surface area contributed by atoms with Gasteiger partial charge in [-0.2, -0.15) is 0 Å². The zero-order valence-corrected chi connectivity index (χ0v) is 18.5. The van der Waals surface area contributed by atoms with Crippen LogP contribution in [0.4, 0.5) is 0 Å². The van der Waals surface area contributed by atoms with E-state index in [1.165, 1.54) is 12.1 Å². The monoisotopic (exact) mass is 502 g/mol. The zero-order chi connectivity index (χ0) is 25.5. The number of carbonyl (C=O) groups excluding carboxylic acids is 2. The van der Waals surface area contributed by atoms with Gasteiger partial charge >= 0.3 is 0 Å². The zero-order valence-electron chi connectivity index (χ0n) is 18.5. The predicted octanol–water partition coefficient (Wildman–Crippen LogP) is -0.726. The van der Waals surface area contributed by atoms with Gasteiger partial charge in [-0.1, -0.05) is 0 Å². The number of hydrogen-bond donors (Lipinski definition) is 6. The minimum atomic E-state index is -1.62. The number of aliphatic hydroxyl groups is 4. The Bertz CT molecular complexity index is 1290. The molecule has 1 aliphatic carbocycles. The Labute approximate surface area is 202 Å². The number of benzene rings is 2. The van der Waals surface area contributed by atoms with Crippen LogP contribution in [0.15, 0.2) is 18.2 Å². The summed E-state index contributed by atoms with van der Waals surface area (Å²) in [7, 11) is 0. The van der Waals surface area contributed by atoms with E-state index in [1.807, 2.05) is 0 Å². The molecule has 2 aromatic carbocycles. The van der Waals surface area contributed by atoms with Gasteiger partial charge in [0.05, 0.1) is 30.3 Å². The summed E-state index contributed by atoms with van der Waals surface area (Å²) in [5.74, 6) is -2.63. The molecule has 4 aliphatic rings. The smallest absolute Gasteiger partial charge is 0.229 e. The largest absolute Gasteiger partial charge is 0.507 e. The third-order valence-corrected chi connectivity index (χ3v) is 7.07. The van der Waals surface area contributed by atoms with Crippen LogP contribution in [-0.4, -0.2) is 92.4 Å². The van der Waals surface area contributed by atoms with E-state index in [2.05, 4.69) is 0 Å². The van der Waals surface area contributed by atoms with E-state index < -0.39 is 60.9 Å². The second-order valence-corrected chi connectivity index (χ2v) is 9.15. The number of hydrogen-bond acceptors (Lipinski definition) is 12. The summed E-state index contributed by atoms with van der Waals surface area (Å²) in [6.07, 6.45) is -7.57. The number of ether oxygens (including phenoxy) is 4. The average Bonchev–Trinajstić information content (AvgIpc) is 3.51. The molecule has 12 heteroatoms. The summed E-state index contributed by atoms with van der Waals surface area (Å²) >= 11 is 0. The highest BCUT2D eigenvalue weighted by molar-refractivity contribution is 6.30. The summed E-state index contributed by atoms with van der Waals surface area (Å²) in [4.78, 5) is 26.7. The maximum absolute atomic E-state index is 13.4. The van der Waals surface area contributed by atoms with E-state index >= 15 is 0 Å². The lowest BCUT2D eigenvalue weighted by Crippen LogP contribution is -2.40. The molecule has 36 heavy (non-hydrogen) atoms. The van der Waals surface area contributed by atoms with Crippen LogP contribution in [0.1, 0.15) is 49.7 Å². The van der Waals surface area contributed by atoms with Gasteiger partial charge in [0.25, 0.3) is 0 Å². The summed E-state index contributed by atoms with van der Waals surface area (Å²) in [6, 6.07) is 3.57. The van der Waals surface area contributed by atoms with Crippen molar-refractivity contribution in [2.24, 2.45) is 0 Å². The lowest BCUT2D eigenvalue weighted by atomic mass is 9.80. The summed E-state index contributed by atoms with van der Waals surface area (Å²) < 4.78 is 22.0. The summed E-state index contributed by atoms with van der Waals surface area (Å²) in [5, 5.41) is 60.8. The van der Waals surface area contributed by atoms with Crippen molar-refractivity contribution in [3.8, 4) is 23.0 Å². The van der Waals surface area contributed by atoms with Gasteiger partial charge in [0, 0.05) is 22.8 Å².